The van der Waals surface area contributed by atoms with Crippen LogP contribution in [0.25, 0.3) is 0 Å². The molecule has 0 aromatic rings. The summed E-state index contributed by atoms with van der Waals surface area (Å²) >= 11 is -5.35. The molecule has 0 heterocycles. The van der Waals surface area contributed by atoms with Crippen molar-refractivity contribution in [3.63, 3.8) is 0 Å². The normalized spacial score (nSPS) is 8.43. The summed E-state index contributed by atoms with van der Waals surface area (Å²) in [7, 11) is 0. The van der Waals surface area contributed by atoms with Gasteiger partial charge in [-0.1, -0.05) is 0 Å². The van der Waals surface area contributed by atoms with Crippen LogP contribution in [0.1, 0.15) is 0 Å². The third kappa shape index (κ3) is 66.3. The van der Waals surface area contributed by atoms with Gasteiger partial charge in [-0.15, -0.1) is 0 Å². The van der Waals surface area contributed by atoms with Crippen LogP contribution in [-0.4, -0.2) is 57.5 Å². The van der Waals surface area contributed by atoms with Crippen molar-refractivity contribution >= 4 is 47.4 Å². The number of rotatable bonds is 0. The number of hydrogen-bond acceptors (Lipinski definition) is 1. The van der Waals surface area contributed by atoms with Crippen molar-refractivity contribution < 1.29 is 35.6 Å². The van der Waals surface area contributed by atoms with E-state index in [0.717, 1.165) is 0 Å². The minimum absolute atomic E-state index is 0. The van der Waals surface area contributed by atoms with Crippen molar-refractivity contribution in [1.82, 2.24) is 0 Å². The van der Waals surface area contributed by atoms with E-state index in [9.17, 15) is 0 Å². The van der Waals surface area contributed by atoms with Gasteiger partial charge in [-0.05, 0) is 0 Å². The summed E-state index contributed by atoms with van der Waals surface area (Å²) in [6.45, 7) is 0. The zero-order chi connectivity index (χ0) is 4.50. The van der Waals surface area contributed by atoms with Crippen molar-refractivity contribution in [3.8, 4) is 0 Å². The van der Waals surface area contributed by atoms with E-state index < -0.39 is 20.1 Å². The molecule has 3 N–H and O–H groups in total. The first-order valence-corrected chi connectivity index (χ1v) is 5.25. The van der Waals surface area contributed by atoms with Crippen molar-refractivity contribution in [1.29, 1.82) is 0 Å². The quantitative estimate of drug-likeness (QED) is 0.315. The van der Waals surface area contributed by atoms with Gasteiger partial charge in [-0.3, -0.25) is 0 Å². The van der Waals surface area contributed by atoms with Gasteiger partial charge in [0.05, 0.1) is 0 Å². The summed E-state index contributed by atoms with van der Waals surface area (Å²) in [6, 6.07) is 0. The Morgan fingerprint density at radius 1 is 1.14 bits per heavy atom. The molecule has 0 amide bonds. The second kappa shape index (κ2) is 6.28. The van der Waals surface area contributed by atoms with Gasteiger partial charge in [-0.2, -0.15) is 0 Å². The van der Waals surface area contributed by atoms with Gasteiger partial charge >= 0.3 is 60.5 Å². The molecular formula is H5NbO4PbSb. The molecule has 0 spiro atoms. The fourth-order valence-corrected chi connectivity index (χ4v) is 0. The van der Waals surface area contributed by atoms with Gasteiger partial charge in [0.25, 0.3) is 0 Å². The second-order valence-electron chi connectivity index (χ2n) is 0.513. The van der Waals surface area contributed by atoms with Crippen LogP contribution >= 0.6 is 0 Å². The predicted molar refractivity (Wildman–Crippen MR) is 21.6 cm³/mol. The Kier molecular flexibility index (Phi) is 14.4. The Labute approximate surface area is 81.7 Å². The molecule has 0 aromatic carbocycles. The molecule has 0 unspecified atom stereocenters. The first-order valence-electron chi connectivity index (χ1n) is 0.783. The molecule has 0 atom stereocenters. The van der Waals surface area contributed by atoms with Crippen molar-refractivity contribution in [2.24, 2.45) is 0 Å². The fourth-order valence-electron chi connectivity index (χ4n) is 0. The van der Waals surface area contributed by atoms with Crippen LogP contribution < -0.4 is 0 Å². The SMILES string of the molecule is [Nb].[O]=[Sb]([OH])([OH])[OH].[PbH2]. The van der Waals surface area contributed by atoms with Crippen molar-refractivity contribution in [2.75, 3.05) is 0 Å². The average Bonchev–Trinajstić information content (AvgIpc) is 0.722. The molecule has 43 valence electrons. The molecule has 0 aromatic heterocycles. The minimum atomic E-state index is -5.35. The first kappa shape index (κ1) is 16.1. The topological polar surface area (TPSA) is 77.8 Å². The van der Waals surface area contributed by atoms with E-state index >= 15 is 0 Å². The van der Waals surface area contributed by atoms with Gasteiger partial charge in [-0.25, -0.2) is 0 Å². The van der Waals surface area contributed by atoms with Gasteiger partial charge in [0.15, 0.2) is 0 Å². The van der Waals surface area contributed by atoms with Crippen LogP contribution in [0.3, 0.4) is 0 Å². The average molecular weight is 491 g/mol. The Hall–Kier alpha value is 2.16. The molecular weight excluding hydrogens is 486 g/mol. The van der Waals surface area contributed by atoms with Gasteiger partial charge < -0.3 is 0 Å². The van der Waals surface area contributed by atoms with Crippen LogP contribution in [0.2, 0.25) is 0 Å². The molecule has 0 saturated carbocycles. The second-order valence-corrected chi connectivity index (χ2v) is 3.44. The standard InChI is InChI=1S/Nb.3H2O.O.Pb.Sb.2H/h;3*1H2;;;;;/q;;;;;;+3;;/p-3. The van der Waals surface area contributed by atoms with Crippen LogP contribution in [0.4, 0.5) is 0 Å². The maximum atomic E-state index is 8.97. The van der Waals surface area contributed by atoms with Crippen LogP contribution in [0, 0.1) is 0 Å². The van der Waals surface area contributed by atoms with Gasteiger partial charge in [0.2, 0.25) is 0 Å². The third-order valence-electron chi connectivity index (χ3n) is 0. The van der Waals surface area contributed by atoms with Crippen LogP contribution in [0.5, 0.6) is 0 Å². The molecule has 0 fully saturated rings. The molecule has 7 heavy (non-hydrogen) atoms. The van der Waals surface area contributed by atoms with E-state index in [1.165, 1.54) is 0 Å². The Morgan fingerprint density at radius 3 is 1.14 bits per heavy atom. The van der Waals surface area contributed by atoms with E-state index in [-0.39, 0.29) is 49.7 Å². The molecule has 7 heteroatoms. The van der Waals surface area contributed by atoms with Crippen molar-refractivity contribution in [2.45, 2.75) is 0 Å². The predicted octanol–water partition coefficient (Wildman–Crippen LogP) is -3.09. The summed E-state index contributed by atoms with van der Waals surface area (Å²) in [5.41, 5.74) is 0. The van der Waals surface area contributed by atoms with Crippen LogP contribution in [-0.2, 0) is 25.4 Å². The maximum absolute atomic E-state index is 8.97. The fraction of sp³-hybridized carbons (Fsp3) is 0. The summed E-state index contributed by atoms with van der Waals surface area (Å²) < 4.78 is 30.8. The molecule has 0 bridgehead atoms. The summed E-state index contributed by atoms with van der Waals surface area (Å²) in [5, 5.41) is 0. The van der Waals surface area contributed by atoms with E-state index in [4.69, 9.17) is 13.2 Å². The third-order valence-corrected chi connectivity index (χ3v) is 0. The monoisotopic (exact) mass is 491 g/mol. The molecule has 0 rings (SSSR count). The van der Waals surface area contributed by atoms with Gasteiger partial charge in [0.1, 0.15) is 0 Å². The van der Waals surface area contributed by atoms with Crippen LogP contribution in [0.15, 0.2) is 0 Å². The molecule has 3 radical (unpaired) electrons. The summed E-state index contributed by atoms with van der Waals surface area (Å²) in [4.78, 5) is 0. The van der Waals surface area contributed by atoms with Crippen molar-refractivity contribution in [3.05, 3.63) is 0 Å². The Bertz CT molecular complexity index is 57.8. The molecule has 0 aliphatic rings. The molecule has 0 saturated heterocycles. The van der Waals surface area contributed by atoms with E-state index in [1.54, 1.807) is 0 Å². The van der Waals surface area contributed by atoms with Gasteiger partial charge in [0, 0.05) is 22.4 Å². The summed E-state index contributed by atoms with van der Waals surface area (Å²) in [6.07, 6.45) is 0. The molecule has 0 aliphatic carbocycles. The Balaban J connectivity index is -0.0000000800. The van der Waals surface area contributed by atoms with E-state index in [0.29, 0.717) is 0 Å². The Morgan fingerprint density at radius 2 is 1.14 bits per heavy atom. The zero-order valence-corrected chi connectivity index (χ0v) is 13.6. The molecule has 4 nitrogen and oxygen atoms in total. The first-order chi connectivity index (χ1) is 2.00. The number of hydrogen-bond donors (Lipinski definition) is 3. The molecule has 0 aliphatic heterocycles. The zero-order valence-electron chi connectivity index (χ0n) is 3.35. The van der Waals surface area contributed by atoms with E-state index in [1.807, 2.05) is 0 Å². The van der Waals surface area contributed by atoms with E-state index in [2.05, 4.69) is 0 Å². The summed E-state index contributed by atoms with van der Waals surface area (Å²) in [5.74, 6) is 0.